The molecule has 0 aliphatic rings. The van der Waals surface area contributed by atoms with E-state index in [-0.39, 0.29) is 0 Å². The maximum Gasteiger partial charge on any atom is 0.166 e. The first-order chi connectivity index (χ1) is 12.2. The van der Waals surface area contributed by atoms with Gasteiger partial charge in [-0.05, 0) is 31.6 Å². The number of rotatable bonds is 5. The molecule has 0 aliphatic carbocycles. The Labute approximate surface area is 158 Å². The molecule has 3 rings (SSSR count). The molecule has 2 aromatic carbocycles. The number of nitrogens with zero attached hydrogens (tertiary/aromatic N) is 1. The molecule has 2 N–H and O–H groups in total. The average molecular weight is 368 g/mol. The topological polar surface area (TPSA) is 37.0 Å². The van der Waals surface area contributed by atoms with E-state index >= 15 is 0 Å². The van der Waals surface area contributed by atoms with Gasteiger partial charge < -0.3 is 10.6 Å². The smallest absolute Gasteiger partial charge is 0.166 e. The zero-order valence-corrected chi connectivity index (χ0v) is 16.0. The fourth-order valence-corrected chi connectivity index (χ4v) is 3.49. The highest BCUT2D eigenvalue weighted by Crippen LogP contribution is 2.29. The van der Waals surface area contributed by atoms with Gasteiger partial charge in [0.05, 0.1) is 5.69 Å². The molecule has 0 saturated carbocycles. The van der Waals surface area contributed by atoms with Gasteiger partial charge in [0.2, 0.25) is 0 Å². The average Bonchev–Trinajstić information content (AvgIpc) is 3.11. The summed E-state index contributed by atoms with van der Waals surface area (Å²) in [4.78, 5) is 4.78. The normalized spacial score (nSPS) is 10.5. The summed E-state index contributed by atoms with van der Waals surface area (Å²) >= 11 is 6.86. The van der Waals surface area contributed by atoms with Crippen LogP contribution in [0.4, 0.5) is 0 Å². The highest BCUT2D eigenvalue weighted by atomic mass is 32.1. The van der Waals surface area contributed by atoms with E-state index < -0.39 is 0 Å². The number of hydrogen-bond acceptors (Lipinski definition) is 3. The second-order valence-electron chi connectivity index (χ2n) is 5.81. The van der Waals surface area contributed by atoms with E-state index in [2.05, 4.69) is 71.5 Å². The van der Waals surface area contributed by atoms with Gasteiger partial charge >= 0.3 is 0 Å². The van der Waals surface area contributed by atoms with Crippen molar-refractivity contribution in [2.75, 3.05) is 6.54 Å². The number of aryl methyl sites for hydroxylation is 1. The summed E-state index contributed by atoms with van der Waals surface area (Å²) in [7, 11) is 0. The second-order valence-corrected chi connectivity index (χ2v) is 7.08. The maximum atomic E-state index is 5.18. The first-order valence-corrected chi connectivity index (χ1v) is 9.58. The van der Waals surface area contributed by atoms with Gasteiger partial charge in [-0.1, -0.05) is 54.1 Å². The molecule has 0 fully saturated rings. The number of thiocarbonyl (C=S) groups is 1. The van der Waals surface area contributed by atoms with Gasteiger partial charge in [-0.15, -0.1) is 11.3 Å². The SMILES string of the molecule is CCNC(=S)NCc1ccc(-c2nc(-c3ccc(C)cc3)cs2)cc1. The Morgan fingerprint density at radius 1 is 1.00 bits per heavy atom. The van der Waals surface area contributed by atoms with Crippen molar-refractivity contribution in [2.24, 2.45) is 0 Å². The summed E-state index contributed by atoms with van der Waals surface area (Å²) in [5.41, 5.74) is 5.78. The van der Waals surface area contributed by atoms with E-state index in [1.165, 1.54) is 11.1 Å². The van der Waals surface area contributed by atoms with E-state index in [9.17, 15) is 0 Å². The molecule has 0 saturated heterocycles. The van der Waals surface area contributed by atoms with Crippen molar-refractivity contribution in [1.29, 1.82) is 0 Å². The van der Waals surface area contributed by atoms with Crippen molar-refractivity contribution in [3.8, 4) is 21.8 Å². The minimum absolute atomic E-state index is 0.689. The lowest BCUT2D eigenvalue weighted by atomic mass is 10.1. The van der Waals surface area contributed by atoms with Crippen LogP contribution in [0.2, 0.25) is 0 Å². The van der Waals surface area contributed by atoms with Crippen LogP contribution in [0.15, 0.2) is 53.9 Å². The molecule has 25 heavy (non-hydrogen) atoms. The van der Waals surface area contributed by atoms with Crippen molar-refractivity contribution in [2.45, 2.75) is 20.4 Å². The monoisotopic (exact) mass is 367 g/mol. The van der Waals surface area contributed by atoms with Crippen molar-refractivity contribution in [3.05, 3.63) is 65.0 Å². The van der Waals surface area contributed by atoms with Crippen LogP contribution in [0.1, 0.15) is 18.1 Å². The molecular formula is C20H21N3S2. The van der Waals surface area contributed by atoms with Crippen LogP contribution in [-0.4, -0.2) is 16.6 Å². The fourth-order valence-electron chi connectivity index (χ4n) is 2.43. The van der Waals surface area contributed by atoms with Gasteiger partial charge in [-0.3, -0.25) is 0 Å². The Balaban J connectivity index is 1.68. The number of benzene rings is 2. The van der Waals surface area contributed by atoms with Crippen molar-refractivity contribution in [3.63, 3.8) is 0 Å². The fraction of sp³-hybridized carbons (Fsp3) is 0.200. The number of aromatic nitrogens is 1. The molecule has 3 nitrogen and oxygen atoms in total. The first kappa shape index (κ1) is 17.6. The molecule has 5 heteroatoms. The molecule has 0 amide bonds. The largest absolute Gasteiger partial charge is 0.363 e. The van der Waals surface area contributed by atoms with Crippen LogP contribution >= 0.6 is 23.6 Å². The van der Waals surface area contributed by atoms with Crippen LogP contribution in [0.5, 0.6) is 0 Å². The number of thiazole rings is 1. The van der Waals surface area contributed by atoms with Gasteiger partial charge in [0.1, 0.15) is 5.01 Å². The van der Waals surface area contributed by atoms with Crippen LogP contribution in [0, 0.1) is 6.92 Å². The number of nitrogens with one attached hydrogen (secondary N) is 2. The lowest BCUT2D eigenvalue weighted by Crippen LogP contribution is -2.34. The quantitative estimate of drug-likeness (QED) is 0.637. The standard InChI is InChI=1S/C20H21N3S2/c1-3-21-20(24)22-12-15-6-10-17(11-7-15)19-23-18(13-25-19)16-8-4-14(2)5-9-16/h4-11,13H,3,12H2,1-2H3,(H2,21,22,24). The highest BCUT2D eigenvalue weighted by molar-refractivity contribution is 7.80. The van der Waals surface area contributed by atoms with Crippen LogP contribution in [0.25, 0.3) is 21.8 Å². The Kier molecular flexibility index (Phi) is 5.79. The molecule has 0 unspecified atom stereocenters. The Morgan fingerprint density at radius 3 is 2.36 bits per heavy atom. The summed E-state index contributed by atoms with van der Waals surface area (Å²) in [6, 6.07) is 16.9. The molecular weight excluding hydrogens is 346 g/mol. The molecule has 1 aromatic heterocycles. The minimum atomic E-state index is 0.689. The van der Waals surface area contributed by atoms with Crippen LogP contribution < -0.4 is 10.6 Å². The van der Waals surface area contributed by atoms with E-state index in [0.29, 0.717) is 5.11 Å². The van der Waals surface area contributed by atoms with Crippen molar-refractivity contribution >= 4 is 28.7 Å². The molecule has 0 bridgehead atoms. The van der Waals surface area contributed by atoms with E-state index in [4.69, 9.17) is 17.2 Å². The van der Waals surface area contributed by atoms with Gasteiger partial charge in [0.15, 0.2) is 5.11 Å². The van der Waals surface area contributed by atoms with Gasteiger partial charge in [-0.2, -0.15) is 0 Å². The highest BCUT2D eigenvalue weighted by Gasteiger charge is 2.07. The zero-order valence-electron chi connectivity index (χ0n) is 14.4. The molecule has 3 aromatic rings. The van der Waals surface area contributed by atoms with E-state index in [0.717, 1.165) is 34.9 Å². The van der Waals surface area contributed by atoms with E-state index in [1.807, 2.05) is 6.92 Å². The van der Waals surface area contributed by atoms with Crippen molar-refractivity contribution in [1.82, 2.24) is 15.6 Å². The third-order valence-corrected chi connectivity index (χ3v) is 5.02. The predicted molar refractivity (Wildman–Crippen MR) is 111 cm³/mol. The second kappa shape index (κ2) is 8.23. The van der Waals surface area contributed by atoms with Gasteiger partial charge in [0, 0.05) is 29.6 Å². The summed E-state index contributed by atoms with van der Waals surface area (Å²) in [6.45, 7) is 5.68. The van der Waals surface area contributed by atoms with Gasteiger partial charge in [-0.25, -0.2) is 4.98 Å². The zero-order chi connectivity index (χ0) is 17.6. The third-order valence-electron chi connectivity index (χ3n) is 3.84. The molecule has 0 radical (unpaired) electrons. The molecule has 1 heterocycles. The minimum Gasteiger partial charge on any atom is -0.363 e. The van der Waals surface area contributed by atoms with Crippen molar-refractivity contribution < 1.29 is 0 Å². The maximum absolute atomic E-state index is 5.18. The van der Waals surface area contributed by atoms with Gasteiger partial charge in [0.25, 0.3) is 0 Å². The summed E-state index contributed by atoms with van der Waals surface area (Å²) in [6.07, 6.45) is 0. The van der Waals surface area contributed by atoms with Crippen LogP contribution in [0.3, 0.4) is 0 Å². The molecule has 0 spiro atoms. The molecule has 0 aliphatic heterocycles. The lowest BCUT2D eigenvalue weighted by Gasteiger charge is -2.08. The predicted octanol–water partition coefficient (Wildman–Crippen LogP) is 4.77. The Hall–Kier alpha value is -2.24. The summed E-state index contributed by atoms with van der Waals surface area (Å²) < 4.78 is 0. The Morgan fingerprint density at radius 2 is 1.68 bits per heavy atom. The molecule has 128 valence electrons. The summed E-state index contributed by atoms with van der Waals surface area (Å²) in [5.74, 6) is 0. The third kappa shape index (κ3) is 4.65. The molecule has 0 atom stereocenters. The Bertz CT molecular complexity index is 836. The van der Waals surface area contributed by atoms with Crippen LogP contribution in [-0.2, 0) is 6.54 Å². The lowest BCUT2D eigenvalue weighted by molar-refractivity contribution is 0.855. The summed E-state index contributed by atoms with van der Waals surface area (Å²) in [5, 5.41) is 10.1. The first-order valence-electron chi connectivity index (χ1n) is 8.29. The van der Waals surface area contributed by atoms with E-state index in [1.54, 1.807) is 11.3 Å². The number of hydrogen-bond donors (Lipinski definition) is 2.